The van der Waals surface area contributed by atoms with Gasteiger partial charge in [-0.05, 0) is 22.3 Å². The van der Waals surface area contributed by atoms with E-state index in [4.69, 9.17) is 14.2 Å². The van der Waals surface area contributed by atoms with Crippen molar-refractivity contribution in [3.8, 4) is 11.1 Å². The molecule has 2 heterocycles. The molecule has 0 radical (unpaired) electrons. The summed E-state index contributed by atoms with van der Waals surface area (Å²) < 4.78 is 16.3. The molecule has 2 saturated heterocycles. The van der Waals surface area contributed by atoms with E-state index in [0.717, 1.165) is 22.3 Å². The number of alkyl carbamates (subject to hydrolysis) is 1. The van der Waals surface area contributed by atoms with Crippen molar-refractivity contribution in [2.45, 2.75) is 18.0 Å². The summed E-state index contributed by atoms with van der Waals surface area (Å²) in [7, 11) is 0. The van der Waals surface area contributed by atoms with E-state index in [-0.39, 0.29) is 51.4 Å². The van der Waals surface area contributed by atoms with Gasteiger partial charge in [-0.15, -0.1) is 0 Å². The van der Waals surface area contributed by atoms with Crippen LogP contribution in [-0.4, -0.2) is 79.6 Å². The average molecular weight is 466 g/mol. The predicted octanol–water partition coefficient (Wildman–Crippen LogP) is 1.85. The van der Waals surface area contributed by atoms with E-state index in [0.29, 0.717) is 0 Å². The Balaban J connectivity index is 1.23. The zero-order valence-corrected chi connectivity index (χ0v) is 18.5. The number of morpholine rings is 1. The Morgan fingerprint density at radius 3 is 2.32 bits per heavy atom. The van der Waals surface area contributed by atoms with Gasteiger partial charge in [0.2, 0.25) is 5.91 Å². The van der Waals surface area contributed by atoms with Gasteiger partial charge in [0.15, 0.2) is 6.04 Å². The lowest BCUT2D eigenvalue weighted by Crippen LogP contribution is -2.57. The smallest absolute Gasteiger partial charge is 0.407 e. The van der Waals surface area contributed by atoms with Gasteiger partial charge in [-0.25, -0.2) is 9.59 Å². The number of nitrogens with one attached hydrogen (secondary N) is 1. The first-order chi connectivity index (χ1) is 16.5. The number of carbonyl (C=O) groups is 3. The predicted molar refractivity (Wildman–Crippen MR) is 120 cm³/mol. The van der Waals surface area contributed by atoms with E-state index >= 15 is 0 Å². The van der Waals surface area contributed by atoms with Gasteiger partial charge in [-0.3, -0.25) is 4.79 Å². The topological polar surface area (TPSA) is 114 Å². The minimum atomic E-state index is -1.12. The van der Waals surface area contributed by atoms with Gasteiger partial charge in [0.1, 0.15) is 6.61 Å². The molecular formula is C25H26N2O7. The second-order valence-electron chi connectivity index (χ2n) is 8.68. The summed E-state index contributed by atoms with van der Waals surface area (Å²) in [6.45, 7) is 0.826. The van der Waals surface area contributed by atoms with Crippen molar-refractivity contribution in [3.05, 3.63) is 59.7 Å². The lowest BCUT2D eigenvalue weighted by molar-refractivity contribution is -0.160. The second kappa shape index (κ2) is 9.44. The van der Waals surface area contributed by atoms with Crippen molar-refractivity contribution in [1.82, 2.24) is 10.2 Å². The number of carbonyl (C=O) groups excluding carboxylic acids is 2. The van der Waals surface area contributed by atoms with E-state index in [1.807, 2.05) is 36.4 Å². The lowest BCUT2D eigenvalue weighted by Gasteiger charge is -2.35. The molecule has 0 saturated carbocycles. The van der Waals surface area contributed by atoms with Crippen LogP contribution < -0.4 is 5.32 Å². The quantitative estimate of drug-likeness (QED) is 0.691. The van der Waals surface area contributed by atoms with Crippen molar-refractivity contribution >= 4 is 18.0 Å². The standard InChI is InChI=1S/C25H26N2O7/c28-23(27-9-10-32-14-22(27)24(29)30)20-11-33-13-21(20)26-25(31)34-12-19-17-7-3-1-5-15(17)16-6-2-4-8-18(16)19/h1-8,19-22H,9-14H2,(H,26,31)(H,29,30). The molecule has 2 N–H and O–H groups in total. The molecule has 3 atom stereocenters. The van der Waals surface area contributed by atoms with Crippen molar-refractivity contribution in [2.24, 2.45) is 5.92 Å². The minimum absolute atomic E-state index is 0.0564. The van der Waals surface area contributed by atoms with Crippen molar-refractivity contribution in [1.29, 1.82) is 0 Å². The van der Waals surface area contributed by atoms with Crippen LogP contribution in [0.1, 0.15) is 17.0 Å². The van der Waals surface area contributed by atoms with Gasteiger partial charge in [-0.1, -0.05) is 48.5 Å². The molecular weight excluding hydrogens is 440 g/mol. The number of rotatable bonds is 5. The van der Waals surface area contributed by atoms with Crippen molar-refractivity contribution in [3.63, 3.8) is 0 Å². The van der Waals surface area contributed by atoms with E-state index in [1.54, 1.807) is 0 Å². The number of nitrogens with zero attached hydrogens (tertiary/aromatic N) is 1. The highest BCUT2D eigenvalue weighted by Crippen LogP contribution is 2.44. The first kappa shape index (κ1) is 22.4. The summed E-state index contributed by atoms with van der Waals surface area (Å²) in [5.74, 6) is -2.23. The van der Waals surface area contributed by atoms with Crippen LogP contribution in [0.25, 0.3) is 11.1 Å². The number of carboxylic acid groups (broad SMARTS) is 1. The van der Waals surface area contributed by atoms with Gasteiger partial charge in [-0.2, -0.15) is 0 Å². The Hall–Kier alpha value is -3.43. The molecule has 0 spiro atoms. The SMILES string of the molecule is O=C(NC1COCC1C(=O)N1CCOCC1C(=O)O)OCC1c2ccccc2-c2ccccc21. The van der Waals surface area contributed by atoms with Gasteiger partial charge in [0, 0.05) is 12.5 Å². The van der Waals surface area contributed by atoms with Crippen LogP contribution in [0.2, 0.25) is 0 Å². The number of hydrogen-bond donors (Lipinski definition) is 2. The fourth-order valence-corrected chi connectivity index (χ4v) is 5.02. The number of fused-ring (bicyclic) bond motifs is 3. The molecule has 178 valence electrons. The van der Waals surface area contributed by atoms with Crippen LogP contribution in [0, 0.1) is 5.92 Å². The molecule has 1 aliphatic carbocycles. The molecule has 2 aromatic carbocycles. The van der Waals surface area contributed by atoms with Gasteiger partial charge in [0.25, 0.3) is 0 Å². The first-order valence-electron chi connectivity index (χ1n) is 11.3. The van der Waals surface area contributed by atoms with E-state index in [9.17, 15) is 19.5 Å². The first-order valence-corrected chi connectivity index (χ1v) is 11.3. The summed E-state index contributed by atoms with van der Waals surface area (Å²) >= 11 is 0. The Kier molecular flexibility index (Phi) is 6.21. The maximum absolute atomic E-state index is 13.1. The number of aliphatic carboxylic acids is 1. The maximum atomic E-state index is 13.1. The van der Waals surface area contributed by atoms with Crippen LogP contribution in [-0.2, 0) is 23.8 Å². The number of hydrogen-bond acceptors (Lipinski definition) is 6. The molecule has 2 fully saturated rings. The molecule has 0 aromatic heterocycles. The van der Waals surface area contributed by atoms with Gasteiger partial charge >= 0.3 is 12.1 Å². The van der Waals surface area contributed by atoms with Crippen LogP contribution in [0.15, 0.2) is 48.5 Å². The van der Waals surface area contributed by atoms with Crippen LogP contribution in [0.5, 0.6) is 0 Å². The highest BCUT2D eigenvalue weighted by molar-refractivity contribution is 5.86. The third-order valence-corrected chi connectivity index (χ3v) is 6.74. The largest absolute Gasteiger partial charge is 0.480 e. The molecule has 34 heavy (non-hydrogen) atoms. The molecule has 9 heteroatoms. The Morgan fingerprint density at radius 1 is 0.971 bits per heavy atom. The number of benzene rings is 2. The lowest BCUT2D eigenvalue weighted by atomic mass is 9.98. The third kappa shape index (κ3) is 4.12. The van der Waals surface area contributed by atoms with Gasteiger partial charge in [0.05, 0.1) is 38.4 Å². The second-order valence-corrected chi connectivity index (χ2v) is 8.68. The molecule has 2 aliphatic heterocycles. The van der Waals surface area contributed by atoms with Crippen LogP contribution in [0.4, 0.5) is 4.79 Å². The molecule has 3 aliphatic rings. The van der Waals surface area contributed by atoms with Crippen molar-refractivity contribution < 1.29 is 33.7 Å². The average Bonchev–Trinajstić information content (AvgIpc) is 3.44. The fourth-order valence-electron chi connectivity index (χ4n) is 5.02. The maximum Gasteiger partial charge on any atom is 0.407 e. The molecule has 9 nitrogen and oxygen atoms in total. The summed E-state index contributed by atoms with van der Waals surface area (Å²) in [5, 5.41) is 12.2. The van der Waals surface area contributed by atoms with Crippen molar-refractivity contribution in [2.75, 3.05) is 39.6 Å². The fraction of sp³-hybridized carbons (Fsp3) is 0.400. The Labute approximate surface area is 196 Å². The molecule has 3 unspecified atom stereocenters. The van der Waals surface area contributed by atoms with E-state index in [2.05, 4.69) is 17.4 Å². The summed E-state index contributed by atoms with van der Waals surface area (Å²) in [5.41, 5.74) is 4.50. The van der Waals surface area contributed by atoms with Crippen LogP contribution in [0.3, 0.4) is 0 Å². The highest BCUT2D eigenvalue weighted by atomic mass is 16.5. The normalized spacial score (nSPS) is 23.8. The van der Waals surface area contributed by atoms with Gasteiger partial charge < -0.3 is 29.5 Å². The monoisotopic (exact) mass is 466 g/mol. The number of amides is 2. The zero-order valence-electron chi connectivity index (χ0n) is 18.5. The van der Waals surface area contributed by atoms with E-state index < -0.39 is 30.1 Å². The molecule has 2 amide bonds. The molecule has 5 rings (SSSR count). The van der Waals surface area contributed by atoms with E-state index in [1.165, 1.54) is 4.90 Å². The number of ether oxygens (including phenoxy) is 3. The summed E-state index contributed by atoms with van der Waals surface area (Å²) in [4.78, 5) is 38.6. The third-order valence-electron chi connectivity index (χ3n) is 6.74. The van der Waals surface area contributed by atoms with Crippen LogP contribution >= 0.6 is 0 Å². The summed E-state index contributed by atoms with van der Waals surface area (Å²) in [6, 6.07) is 14.5. The summed E-state index contributed by atoms with van der Waals surface area (Å²) in [6.07, 6.45) is -0.632. The zero-order chi connectivity index (χ0) is 23.7. The molecule has 2 aromatic rings. The highest BCUT2D eigenvalue weighted by Gasteiger charge is 2.42. The Bertz CT molecular complexity index is 1060. The Morgan fingerprint density at radius 2 is 1.65 bits per heavy atom. The molecule has 0 bridgehead atoms. The number of carboxylic acids is 1. The minimum Gasteiger partial charge on any atom is -0.480 e.